The van der Waals surface area contributed by atoms with Crippen LogP contribution in [0.3, 0.4) is 0 Å². The Kier molecular flexibility index (Phi) is 4.72. The number of hydrogen-bond acceptors (Lipinski definition) is 6. The third-order valence-corrected chi connectivity index (χ3v) is 4.96. The van der Waals surface area contributed by atoms with Gasteiger partial charge >= 0.3 is 0 Å². The molecular formula is C15H10FN3O3S2. The van der Waals surface area contributed by atoms with E-state index in [1.807, 2.05) is 0 Å². The van der Waals surface area contributed by atoms with Crippen molar-refractivity contribution in [2.24, 2.45) is 0 Å². The Morgan fingerprint density at radius 2 is 2.04 bits per heavy atom. The fourth-order valence-corrected chi connectivity index (χ4v) is 3.53. The van der Waals surface area contributed by atoms with Crippen LogP contribution in [0.15, 0.2) is 47.4 Å². The molecule has 0 radical (unpaired) electrons. The molecule has 0 aliphatic heterocycles. The van der Waals surface area contributed by atoms with Crippen LogP contribution in [0.1, 0.15) is 0 Å². The number of anilines is 1. The number of amides is 1. The van der Waals surface area contributed by atoms with Gasteiger partial charge in [0.05, 0.1) is 20.9 Å². The topological polar surface area (TPSA) is 85.1 Å². The first-order chi connectivity index (χ1) is 11.5. The van der Waals surface area contributed by atoms with Crippen molar-refractivity contribution in [1.29, 1.82) is 0 Å². The second-order valence-electron chi connectivity index (χ2n) is 4.72. The number of nitro benzene ring substituents is 1. The van der Waals surface area contributed by atoms with Gasteiger partial charge in [-0.1, -0.05) is 11.3 Å². The van der Waals surface area contributed by atoms with Gasteiger partial charge < -0.3 is 5.32 Å². The Labute approximate surface area is 143 Å². The van der Waals surface area contributed by atoms with E-state index in [1.54, 1.807) is 18.2 Å². The number of aromatic nitrogens is 1. The number of thioether (sulfide) groups is 1. The predicted octanol–water partition coefficient (Wildman–Crippen LogP) is 4.07. The molecule has 1 N–H and O–H groups in total. The minimum Gasteiger partial charge on any atom is -0.301 e. The number of nitrogens with zero attached hydrogens (tertiary/aromatic N) is 2. The number of halogens is 1. The van der Waals surface area contributed by atoms with Crippen molar-refractivity contribution in [2.45, 2.75) is 4.90 Å². The van der Waals surface area contributed by atoms with Crippen LogP contribution in [0.25, 0.3) is 10.2 Å². The predicted molar refractivity (Wildman–Crippen MR) is 92.0 cm³/mol. The van der Waals surface area contributed by atoms with Crippen LogP contribution in [0.5, 0.6) is 0 Å². The van der Waals surface area contributed by atoms with E-state index in [1.165, 1.54) is 47.4 Å². The van der Waals surface area contributed by atoms with Gasteiger partial charge in [0.1, 0.15) is 5.82 Å². The van der Waals surface area contributed by atoms with Crippen molar-refractivity contribution < 1.29 is 14.1 Å². The van der Waals surface area contributed by atoms with E-state index in [0.717, 1.165) is 4.90 Å². The molecular weight excluding hydrogens is 353 g/mol. The molecule has 0 fully saturated rings. The Morgan fingerprint density at radius 3 is 2.75 bits per heavy atom. The van der Waals surface area contributed by atoms with Gasteiger partial charge in [-0.2, -0.15) is 0 Å². The van der Waals surface area contributed by atoms with Gasteiger partial charge in [0.2, 0.25) is 5.91 Å². The Bertz CT molecular complexity index is 912. The van der Waals surface area contributed by atoms with Crippen LogP contribution < -0.4 is 5.32 Å². The smallest absolute Gasteiger partial charge is 0.270 e. The SMILES string of the molecule is O=C(CSc1ccc(F)cc1)Nc1nc2ccc([N+](=O)[O-])cc2s1. The summed E-state index contributed by atoms with van der Waals surface area (Å²) in [6.07, 6.45) is 0. The van der Waals surface area contributed by atoms with E-state index < -0.39 is 4.92 Å². The van der Waals surface area contributed by atoms with E-state index in [4.69, 9.17) is 0 Å². The quantitative estimate of drug-likeness (QED) is 0.419. The molecule has 2 aromatic carbocycles. The van der Waals surface area contributed by atoms with E-state index in [-0.39, 0.29) is 23.2 Å². The lowest BCUT2D eigenvalue weighted by molar-refractivity contribution is -0.384. The summed E-state index contributed by atoms with van der Waals surface area (Å²) in [5, 5.41) is 13.8. The number of non-ortho nitro benzene ring substituents is 1. The Morgan fingerprint density at radius 1 is 1.29 bits per heavy atom. The number of benzene rings is 2. The van der Waals surface area contributed by atoms with Crippen LogP contribution in [-0.4, -0.2) is 21.6 Å². The molecule has 0 saturated heterocycles. The molecule has 24 heavy (non-hydrogen) atoms. The van der Waals surface area contributed by atoms with Crippen LogP contribution in [0.4, 0.5) is 15.2 Å². The van der Waals surface area contributed by atoms with Crippen molar-refractivity contribution in [1.82, 2.24) is 4.98 Å². The zero-order valence-electron chi connectivity index (χ0n) is 12.1. The monoisotopic (exact) mass is 363 g/mol. The molecule has 1 aromatic heterocycles. The highest BCUT2D eigenvalue weighted by Gasteiger charge is 2.12. The summed E-state index contributed by atoms with van der Waals surface area (Å²) in [5.41, 5.74) is 0.572. The summed E-state index contributed by atoms with van der Waals surface area (Å²) in [4.78, 5) is 27.3. The highest BCUT2D eigenvalue weighted by molar-refractivity contribution is 8.00. The molecule has 0 aliphatic rings. The fraction of sp³-hybridized carbons (Fsp3) is 0.0667. The second kappa shape index (κ2) is 6.93. The maximum atomic E-state index is 12.8. The van der Waals surface area contributed by atoms with Crippen LogP contribution in [0.2, 0.25) is 0 Å². The number of fused-ring (bicyclic) bond motifs is 1. The lowest BCUT2D eigenvalue weighted by Gasteiger charge is -2.01. The van der Waals surface area contributed by atoms with E-state index in [2.05, 4.69) is 10.3 Å². The largest absolute Gasteiger partial charge is 0.301 e. The van der Waals surface area contributed by atoms with Gasteiger partial charge in [0.15, 0.2) is 5.13 Å². The first-order valence-corrected chi connectivity index (χ1v) is 8.55. The molecule has 1 amide bonds. The molecule has 3 rings (SSSR count). The lowest BCUT2D eigenvalue weighted by atomic mass is 10.3. The van der Waals surface area contributed by atoms with Gasteiger partial charge in [-0.15, -0.1) is 11.8 Å². The van der Waals surface area contributed by atoms with Gasteiger partial charge in [-0.05, 0) is 30.3 Å². The summed E-state index contributed by atoms with van der Waals surface area (Å²) >= 11 is 2.45. The lowest BCUT2D eigenvalue weighted by Crippen LogP contribution is -2.13. The summed E-state index contributed by atoms with van der Waals surface area (Å²) in [7, 11) is 0. The minimum atomic E-state index is -0.475. The summed E-state index contributed by atoms with van der Waals surface area (Å²) in [6, 6.07) is 10.2. The van der Waals surface area contributed by atoms with Gasteiger partial charge in [0, 0.05) is 17.0 Å². The molecule has 0 atom stereocenters. The molecule has 6 nitrogen and oxygen atoms in total. The third kappa shape index (κ3) is 3.87. The summed E-state index contributed by atoms with van der Waals surface area (Å²) in [5.74, 6) is -0.424. The average molecular weight is 363 g/mol. The number of nitro groups is 1. The van der Waals surface area contributed by atoms with E-state index >= 15 is 0 Å². The number of carbonyl (C=O) groups is 1. The molecule has 0 saturated carbocycles. The normalized spacial score (nSPS) is 10.7. The van der Waals surface area contributed by atoms with Crippen LogP contribution in [0, 0.1) is 15.9 Å². The molecule has 0 spiro atoms. The Hall–Kier alpha value is -2.52. The molecule has 0 aliphatic carbocycles. The molecule has 9 heteroatoms. The van der Waals surface area contributed by atoms with E-state index in [0.29, 0.717) is 15.3 Å². The van der Waals surface area contributed by atoms with Crippen molar-refractivity contribution in [3.63, 3.8) is 0 Å². The van der Waals surface area contributed by atoms with Gasteiger partial charge in [-0.25, -0.2) is 9.37 Å². The highest BCUT2D eigenvalue weighted by atomic mass is 32.2. The maximum absolute atomic E-state index is 12.8. The van der Waals surface area contributed by atoms with Crippen molar-refractivity contribution in [2.75, 3.05) is 11.1 Å². The molecule has 0 unspecified atom stereocenters. The first kappa shape index (κ1) is 16.3. The molecule has 3 aromatic rings. The summed E-state index contributed by atoms with van der Waals surface area (Å²) in [6.45, 7) is 0. The van der Waals surface area contributed by atoms with Gasteiger partial charge in [-0.3, -0.25) is 14.9 Å². The Balaban J connectivity index is 1.64. The third-order valence-electron chi connectivity index (χ3n) is 3.01. The van der Waals surface area contributed by atoms with Crippen LogP contribution >= 0.6 is 23.1 Å². The number of nitrogens with one attached hydrogen (secondary N) is 1. The van der Waals surface area contributed by atoms with Crippen molar-refractivity contribution >= 4 is 50.0 Å². The highest BCUT2D eigenvalue weighted by Crippen LogP contribution is 2.29. The first-order valence-electron chi connectivity index (χ1n) is 6.74. The zero-order chi connectivity index (χ0) is 17.1. The van der Waals surface area contributed by atoms with E-state index in [9.17, 15) is 19.3 Å². The number of thiazole rings is 1. The number of carbonyl (C=O) groups excluding carboxylic acids is 1. The molecule has 0 bridgehead atoms. The maximum Gasteiger partial charge on any atom is 0.270 e. The molecule has 1 heterocycles. The standard InChI is InChI=1S/C15H10FN3O3S2/c16-9-1-4-11(5-2-9)23-8-14(20)18-15-17-12-6-3-10(19(21)22)7-13(12)24-15/h1-7H,8H2,(H,17,18,20). The number of hydrogen-bond donors (Lipinski definition) is 1. The van der Waals surface area contributed by atoms with Crippen LogP contribution in [-0.2, 0) is 4.79 Å². The second-order valence-corrected chi connectivity index (χ2v) is 6.80. The fourth-order valence-electron chi connectivity index (χ4n) is 1.92. The summed E-state index contributed by atoms with van der Waals surface area (Å²) < 4.78 is 13.4. The number of rotatable bonds is 5. The zero-order valence-corrected chi connectivity index (χ0v) is 13.7. The van der Waals surface area contributed by atoms with Crippen molar-refractivity contribution in [3.8, 4) is 0 Å². The molecule has 122 valence electrons. The van der Waals surface area contributed by atoms with Gasteiger partial charge in [0.25, 0.3) is 5.69 Å². The minimum absolute atomic E-state index is 0.0177. The van der Waals surface area contributed by atoms with Crippen molar-refractivity contribution in [3.05, 3.63) is 58.4 Å². The average Bonchev–Trinajstić information content (AvgIpc) is 2.95.